The van der Waals surface area contributed by atoms with Crippen LogP contribution in [0.1, 0.15) is 31.6 Å². The Morgan fingerprint density at radius 2 is 1.97 bits per heavy atom. The van der Waals surface area contributed by atoms with Gasteiger partial charge >= 0.3 is 0 Å². The number of pyridine rings is 1. The summed E-state index contributed by atoms with van der Waals surface area (Å²) in [5, 5.41) is 9.66. The summed E-state index contributed by atoms with van der Waals surface area (Å²) in [5.41, 5.74) is 6.55. The average molecular weight is 525 g/mol. The van der Waals surface area contributed by atoms with Crippen molar-refractivity contribution < 1.29 is 0 Å². The van der Waals surface area contributed by atoms with Crippen LogP contribution in [0.25, 0.3) is 45.3 Å². The number of thiophene rings is 1. The molecule has 38 heavy (non-hydrogen) atoms. The van der Waals surface area contributed by atoms with E-state index in [9.17, 15) is 0 Å². The van der Waals surface area contributed by atoms with E-state index in [-0.39, 0.29) is 0 Å². The van der Waals surface area contributed by atoms with Gasteiger partial charge in [0.2, 0.25) is 0 Å². The van der Waals surface area contributed by atoms with E-state index in [4.69, 9.17) is 4.98 Å². The monoisotopic (exact) mass is 524 g/mol. The highest BCUT2D eigenvalue weighted by molar-refractivity contribution is 7.15. The van der Waals surface area contributed by atoms with Crippen LogP contribution < -0.4 is 10.6 Å². The van der Waals surface area contributed by atoms with E-state index < -0.39 is 0 Å². The van der Waals surface area contributed by atoms with Gasteiger partial charge in [-0.3, -0.25) is 10.1 Å². The van der Waals surface area contributed by atoms with Crippen molar-refractivity contribution >= 4 is 34.5 Å². The van der Waals surface area contributed by atoms with Gasteiger partial charge in [0.1, 0.15) is 16.9 Å². The van der Waals surface area contributed by atoms with Gasteiger partial charge in [-0.05, 0) is 95.2 Å². The second kappa shape index (κ2) is 12.2. The van der Waals surface area contributed by atoms with Crippen molar-refractivity contribution in [3.8, 4) is 22.1 Å². The smallest absolute Gasteiger partial charge is 0.159 e. The minimum absolute atomic E-state index is 0.693. The maximum absolute atomic E-state index is 4.96. The molecule has 4 rings (SSSR count). The molecular weight excluding hydrogens is 488 g/mol. The Balaban J connectivity index is 1.74. The second-order valence-electron chi connectivity index (χ2n) is 9.48. The number of hydrogen-bond donors (Lipinski definition) is 2. The first-order valence-corrected chi connectivity index (χ1v) is 13.6. The van der Waals surface area contributed by atoms with Gasteiger partial charge in [0, 0.05) is 16.3 Å². The molecule has 7 heteroatoms. The average Bonchev–Trinajstić information content (AvgIpc) is 3.63. The van der Waals surface area contributed by atoms with E-state index in [0.29, 0.717) is 5.82 Å². The van der Waals surface area contributed by atoms with E-state index in [0.717, 1.165) is 68.4 Å². The molecule has 0 aliphatic rings. The number of H-pyrrole nitrogens is 2. The Morgan fingerprint density at radius 1 is 1.16 bits per heavy atom. The summed E-state index contributed by atoms with van der Waals surface area (Å²) in [6.45, 7) is 15.6. The van der Waals surface area contributed by atoms with Gasteiger partial charge in [0.05, 0.1) is 15.7 Å². The van der Waals surface area contributed by atoms with Gasteiger partial charge in [-0.1, -0.05) is 37.5 Å². The summed E-state index contributed by atoms with van der Waals surface area (Å²) < 4.78 is 0. The lowest BCUT2D eigenvalue weighted by Gasteiger charge is -2.10. The van der Waals surface area contributed by atoms with Crippen molar-refractivity contribution in [3.05, 3.63) is 87.9 Å². The molecule has 0 atom stereocenters. The van der Waals surface area contributed by atoms with Crippen LogP contribution in [0.15, 0.2) is 72.5 Å². The fraction of sp³-hybridized carbons (Fsp3) is 0.258. The molecule has 0 amide bonds. The van der Waals surface area contributed by atoms with Gasteiger partial charge in [-0.2, -0.15) is 5.10 Å². The molecule has 0 aromatic carbocycles. The van der Waals surface area contributed by atoms with Gasteiger partial charge in [-0.15, -0.1) is 11.3 Å². The quantitative estimate of drug-likeness (QED) is 0.253. The zero-order valence-electron chi connectivity index (χ0n) is 22.9. The number of aromatic nitrogens is 5. The zero-order chi connectivity index (χ0) is 27.2. The zero-order valence-corrected chi connectivity index (χ0v) is 23.7. The molecule has 4 heterocycles. The molecule has 6 nitrogen and oxygen atoms in total. The minimum atomic E-state index is 0.693. The highest BCUT2D eigenvalue weighted by Crippen LogP contribution is 2.31. The normalized spacial score (nSPS) is 13.7. The van der Waals surface area contributed by atoms with Crippen molar-refractivity contribution in [1.29, 1.82) is 0 Å². The van der Waals surface area contributed by atoms with Crippen molar-refractivity contribution in [1.82, 2.24) is 30.0 Å². The molecule has 0 spiro atoms. The summed E-state index contributed by atoms with van der Waals surface area (Å²) in [6.07, 6.45) is 14.2. The summed E-state index contributed by atoms with van der Waals surface area (Å²) >= 11 is 1.72. The standard InChI is InChI=1S/C31H36N6S/c1-8-22(12-11-17-37(6)7)19-23(9-2)20(4)18-24-25(10-3)35-36-28(24)31-33-26-15-16-32-30(29(26)34-31)27-14-13-21(5)38-27/h8-10,13-16,18-19,35H,1,4,11-12,17H2,2-3,5-7H3,(H,33,34)/b22-19+,23-9+,24-18+,25-10+. The van der Waals surface area contributed by atoms with Crippen molar-refractivity contribution in [2.24, 2.45) is 0 Å². The number of nitrogens with zero attached hydrogens (tertiary/aromatic N) is 4. The van der Waals surface area contributed by atoms with Gasteiger partial charge < -0.3 is 9.88 Å². The maximum atomic E-state index is 4.96. The third-order valence-corrected chi connectivity index (χ3v) is 7.40. The third kappa shape index (κ3) is 6.01. The van der Waals surface area contributed by atoms with Crippen LogP contribution in [0.4, 0.5) is 0 Å². The molecule has 4 aromatic heterocycles. The Morgan fingerprint density at radius 3 is 2.63 bits per heavy atom. The summed E-state index contributed by atoms with van der Waals surface area (Å²) in [4.78, 5) is 17.6. The number of nitrogens with one attached hydrogen (secondary N) is 2. The lowest BCUT2D eigenvalue weighted by atomic mass is 10.0. The Kier molecular flexibility index (Phi) is 8.71. The molecule has 2 N–H and O–H groups in total. The Labute approximate surface area is 228 Å². The van der Waals surface area contributed by atoms with Crippen LogP contribution in [0.3, 0.4) is 0 Å². The van der Waals surface area contributed by atoms with Gasteiger partial charge in [0.25, 0.3) is 0 Å². The highest BCUT2D eigenvalue weighted by Gasteiger charge is 2.16. The lowest BCUT2D eigenvalue weighted by molar-refractivity contribution is 0.400. The van der Waals surface area contributed by atoms with Gasteiger partial charge in [-0.25, -0.2) is 4.98 Å². The number of aryl methyl sites for hydroxylation is 1. The topological polar surface area (TPSA) is 73.5 Å². The molecule has 0 fully saturated rings. The molecule has 0 unspecified atom stereocenters. The maximum Gasteiger partial charge on any atom is 0.159 e. The van der Waals surface area contributed by atoms with Crippen molar-refractivity contribution in [3.63, 3.8) is 0 Å². The van der Waals surface area contributed by atoms with Crippen LogP contribution in [0, 0.1) is 6.92 Å². The van der Waals surface area contributed by atoms with Crippen LogP contribution in [-0.4, -0.2) is 50.7 Å². The molecule has 4 aromatic rings. The summed E-state index contributed by atoms with van der Waals surface area (Å²) in [7, 11) is 4.19. The van der Waals surface area contributed by atoms with Crippen LogP contribution in [0.2, 0.25) is 0 Å². The van der Waals surface area contributed by atoms with E-state index in [1.165, 1.54) is 10.5 Å². The lowest BCUT2D eigenvalue weighted by Crippen LogP contribution is -2.24. The Hall–Kier alpha value is -3.81. The van der Waals surface area contributed by atoms with Crippen LogP contribution in [-0.2, 0) is 0 Å². The molecule has 0 saturated carbocycles. The fourth-order valence-electron chi connectivity index (χ4n) is 4.35. The van der Waals surface area contributed by atoms with Crippen LogP contribution in [0.5, 0.6) is 0 Å². The highest BCUT2D eigenvalue weighted by atomic mass is 32.1. The first kappa shape index (κ1) is 27.2. The Bertz CT molecular complexity index is 1640. The molecule has 0 aliphatic heterocycles. The predicted octanol–water partition coefficient (Wildman–Crippen LogP) is 5.92. The molecule has 0 saturated heterocycles. The fourth-order valence-corrected chi connectivity index (χ4v) is 5.22. The second-order valence-corrected chi connectivity index (χ2v) is 10.8. The number of allylic oxidation sites excluding steroid dienone is 6. The molecule has 0 aliphatic carbocycles. The molecule has 196 valence electrons. The first-order valence-electron chi connectivity index (χ1n) is 12.8. The van der Waals surface area contributed by atoms with Gasteiger partial charge in [0.15, 0.2) is 5.82 Å². The van der Waals surface area contributed by atoms with E-state index in [1.54, 1.807) is 11.3 Å². The predicted molar refractivity (Wildman–Crippen MR) is 162 cm³/mol. The largest absolute Gasteiger partial charge is 0.336 e. The molecule has 0 bridgehead atoms. The van der Waals surface area contributed by atoms with Crippen molar-refractivity contribution in [2.45, 2.75) is 33.6 Å². The number of imidazole rings is 1. The summed E-state index contributed by atoms with van der Waals surface area (Å²) in [5.74, 6) is 0.693. The van der Waals surface area contributed by atoms with E-state index in [2.05, 4.69) is 89.6 Å². The number of fused-ring (bicyclic) bond motifs is 1. The minimum Gasteiger partial charge on any atom is -0.336 e. The SMILES string of the molecule is C=C/C(=C\C(=C/C)C(=C)/C=c1/c(-c2nc3c(-c4ccc(C)s4)nccc3[nH]2)n[nH]/c1=C/C)CCCN(C)C. The molecule has 0 radical (unpaired) electrons. The number of rotatable bonds is 10. The van der Waals surface area contributed by atoms with Crippen molar-refractivity contribution in [2.75, 3.05) is 20.6 Å². The van der Waals surface area contributed by atoms with E-state index >= 15 is 0 Å². The third-order valence-electron chi connectivity index (χ3n) is 6.40. The van der Waals surface area contributed by atoms with Crippen LogP contribution >= 0.6 is 11.3 Å². The first-order chi connectivity index (χ1) is 18.3. The number of hydrogen-bond acceptors (Lipinski definition) is 5. The molecular formula is C31H36N6S. The summed E-state index contributed by atoms with van der Waals surface area (Å²) in [6, 6.07) is 6.16. The number of aromatic amines is 2. The van der Waals surface area contributed by atoms with E-state index in [1.807, 2.05) is 38.3 Å².